The Bertz CT molecular complexity index is 1010. The second-order valence-corrected chi connectivity index (χ2v) is 7.59. The molecule has 7 nitrogen and oxygen atoms in total. The molecule has 7 heteroatoms. The molecule has 2 heterocycles. The highest BCUT2D eigenvalue weighted by molar-refractivity contribution is 5.80. The van der Waals surface area contributed by atoms with E-state index in [9.17, 15) is 4.79 Å². The number of ether oxygens (including phenoxy) is 3. The normalized spacial score (nSPS) is 15.8. The van der Waals surface area contributed by atoms with Gasteiger partial charge in [0.15, 0.2) is 0 Å². The van der Waals surface area contributed by atoms with Gasteiger partial charge < -0.3 is 24.1 Å². The van der Waals surface area contributed by atoms with Gasteiger partial charge in [-0.05, 0) is 43.5 Å². The fourth-order valence-corrected chi connectivity index (χ4v) is 3.87. The molecule has 164 valence electrons. The quantitative estimate of drug-likeness (QED) is 0.506. The van der Waals surface area contributed by atoms with E-state index in [0.717, 1.165) is 54.0 Å². The van der Waals surface area contributed by atoms with Crippen molar-refractivity contribution < 1.29 is 19.0 Å². The highest BCUT2D eigenvalue weighted by Crippen LogP contribution is 2.20. The van der Waals surface area contributed by atoms with Crippen molar-refractivity contribution in [3.63, 3.8) is 0 Å². The van der Waals surface area contributed by atoms with Crippen LogP contribution in [0.1, 0.15) is 25.1 Å². The Labute approximate surface area is 182 Å². The molecule has 0 saturated carbocycles. The van der Waals surface area contributed by atoms with Gasteiger partial charge in [-0.1, -0.05) is 18.2 Å². The molecule has 1 amide bonds. The number of aromatic nitrogens is 2. The maximum absolute atomic E-state index is 12.1. The van der Waals surface area contributed by atoms with Crippen LogP contribution in [0.2, 0.25) is 0 Å². The standard InChI is InChI=1S/C24H29N3O4/c1-29-18-7-4-8-19(17-18)30-16-14-27-21-10-3-2-9-20(21)26-23(27)12-5-13-25-24(28)22-11-6-15-31-22/h2-4,7-10,17,22H,5-6,11-16H2,1H3,(H,25,28). The van der Waals surface area contributed by atoms with E-state index < -0.39 is 0 Å². The van der Waals surface area contributed by atoms with Gasteiger partial charge in [0.2, 0.25) is 5.91 Å². The molecule has 3 aromatic rings. The van der Waals surface area contributed by atoms with E-state index in [0.29, 0.717) is 26.3 Å². The second-order valence-electron chi connectivity index (χ2n) is 7.59. The zero-order valence-corrected chi connectivity index (χ0v) is 17.9. The van der Waals surface area contributed by atoms with Gasteiger partial charge in [-0.2, -0.15) is 0 Å². The van der Waals surface area contributed by atoms with E-state index in [4.69, 9.17) is 19.2 Å². The number of fused-ring (bicyclic) bond motifs is 1. The smallest absolute Gasteiger partial charge is 0.249 e. The maximum atomic E-state index is 12.1. The maximum Gasteiger partial charge on any atom is 0.249 e. The van der Waals surface area contributed by atoms with Crippen LogP contribution in [0.4, 0.5) is 0 Å². The zero-order valence-electron chi connectivity index (χ0n) is 17.9. The van der Waals surface area contributed by atoms with E-state index in [1.807, 2.05) is 42.5 Å². The van der Waals surface area contributed by atoms with Gasteiger partial charge in [0.05, 0.1) is 24.7 Å². The molecular weight excluding hydrogens is 394 g/mol. The van der Waals surface area contributed by atoms with E-state index in [2.05, 4.69) is 16.0 Å². The molecule has 4 rings (SSSR count). The molecule has 0 aliphatic carbocycles. The fourth-order valence-electron chi connectivity index (χ4n) is 3.87. The first-order valence-electron chi connectivity index (χ1n) is 10.8. The number of carbonyl (C=O) groups is 1. The SMILES string of the molecule is COc1cccc(OCCn2c(CCCNC(=O)C3CCCO3)nc3ccccc32)c1. The lowest BCUT2D eigenvalue weighted by Crippen LogP contribution is -2.34. The fraction of sp³-hybridized carbons (Fsp3) is 0.417. The number of aryl methyl sites for hydroxylation is 1. The number of imidazole rings is 1. The van der Waals surface area contributed by atoms with E-state index >= 15 is 0 Å². The van der Waals surface area contributed by atoms with Crippen LogP contribution < -0.4 is 14.8 Å². The van der Waals surface area contributed by atoms with Crippen LogP contribution in [-0.4, -0.2) is 48.4 Å². The third-order valence-corrected chi connectivity index (χ3v) is 5.46. The second kappa shape index (κ2) is 10.3. The minimum atomic E-state index is -0.279. The number of hydrogen-bond acceptors (Lipinski definition) is 5. The number of benzene rings is 2. The predicted molar refractivity (Wildman–Crippen MR) is 119 cm³/mol. The number of hydrogen-bond donors (Lipinski definition) is 1. The summed E-state index contributed by atoms with van der Waals surface area (Å²) in [6.45, 7) is 2.51. The van der Waals surface area contributed by atoms with Gasteiger partial charge in [-0.15, -0.1) is 0 Å². The summed E-state index contributed by atoms with van der Waals surface area (Å²) in [5.41, 5.74) is 2.07. The third kappa shape index (κ3) is 5.35. The lowest BCUT2D eigenvalue weighted by molar-refractivity contribution is -0.130. The van der Waals surface area contributed by atoms with Crippen LogP contribution in [0.3, 0.4) is 0 Å². The Kier molecular flexibility index (Phi) is 7.04. The number of para-hydroxylation sites is 2. The van der Waals surface area contributed by atoms with Crippen molar-refractivity contribution in [2.45, 2.75) is 38.3 Å². The van der Waals surface area contributed by atoms with Crippen LogP contribution in [0.5, 0.6) is 11.5 Å². The van der Waals surface area contributed by atoms with E-state index in [1.165, 1.54) is 0 Å². The summed E-state index contributed by atoms with van der Waals surface area (Å²) in [7, 11) is 1.65. The number of nitrogens with zero attached hydrogens (tertiary/aromatic N) is 2. The molecule has 31 heavy (non-hydrogen) atoms. The summed E-state index contributed by atoms with van der Waals surface area (Å²) >= 11 is 0. The van der Waals surface area contributed by atoms with Gasteiger partial charge in [-0.3, -0.25) is 4.79 Å². The van der Waals surface area contributed by atoms with E-state index in [-0.39, 0.29) is 12.0 Å². The zero-order chi connectivity index (χ0) is 21.5. The van der Waals surface area contributed by atoms with Gasteiger partial charge >= 0.3 is 0 Å². The molecule has 1 aliphatic heterocycles. The summed E-state index contributed by atoms with van der Waals surface area (Å²) in [6, 6.07) is 15.7. The Balaban J connectivity index is 1.35. The average Bonchev–Trinajstić information content (AvgIpc) is 3.45. The van der Waals surface area contributed by atoms with Crippen molar-refractivity contribution in [1.82, 2.24) is 14.9 Å². The van der Waals surface area contributed by atoms with E-state index in [1.54, 1.807) is 7.11 Å². The summed E-state index contributed by atoms with van der Waals surface area (Å²) in [5.74, 6) is 2.55. The van der Waals surface area contributed by atoms with Crippen molar-refractivity contribution in [1.29, 1.82) is 0 Å². The highest BCUT2D eigenvalue weighted by atomic mass is 16.5. The molecule has 1 N–H and O–H groups in total. The molecule has 1 aromatic heterocycles. The Morgan fingerprint density at radius 3 is 2.94 bits per heavy atom. The lowest BCUT2D eigenvalue weighted by Gasteiger charge is -2.12. The molecule has 1 saturated heterocycles. The molecule has 0 radical (unpaired) electrons. The first-order chi connectivity index (χ1) is 15.2. The van der Waals surface area contributed by atoms with Crippen LogP contribution in [0.25, 0.3) is 11.0 Å². The van der Waals surface area contributed by atoms with Crippen molar-refractivity contribution >= 4 is 16.9 Å². The summed E-state index contributed by atoms with van der Waals surface area (Å²) in [6.07, 6.45) is 3.09. The highest BCUT2D eigenvalue weighted by Gasteiger charge is 2.22. The van der Waals surface area contributed by atoms with Crippen molar-refractivity contribution in [3.8, 4) is 11.5 Å². The molecule has 2 aromatic carbocycles. The summed E-state index contributed by atoms with van der Waals surface area (Å²) in [4.78, 5) is 16.9. The van der Waals surface area contributed by atoms with Crippen molar-refractivity contribution in [2.24, 2.45) is 0 Å². The molecule has 1 atom stereocenters. The van der Waals surface area contributed by atoms with Crippen LogP contribution in [0.15, 0.2) is 48.5 Å². The van der Waals surface area contributed by atoms with Gasteiger partial charge in [0, 0.05) is 25.6 Å². The molecule has 1 fully saturated rings. The minimum Gasteiger partial charge on any atom is -0.497 e. The molecule has 0 bridgehead atoms. The van der Waals surface area contributed by atoms with Gasteiger partial charge in [-0.25, -0.2) is 4.98 Å². The van der Waals surface area contributed by atoms with Gasteiger partial charge in [0.1, 0.15) is 30.0 Å². The Morgan fingerprint density at radius 2 is 2.10 bits per heavy atom. The van der Waals surface area contributed by atoms with Crippen LogP contribution in [0, 0.1) is 0 Å². The molecule has 0 spiro atoms. The number of amides is 1. The van der Waals surface area contributed by atoms with Crippen LogP contribution in [-0.2, 0) is 22.5 Å². The largest absolute Gasteiger partial charge is 0.497 e. The molecular formula is C24H29N3O4. The first kappa shape index (κ1) is 21.2. The lowest BCUT2D eigenvalue weighted by atomic mass is 10.2. The number of rotatable bonds is 10. The third-order valence-electron chi connectivity index (χ3n) is 5.46. The number of carbonyl (C=O) groups excluding carboxylic acids is 1. The monoisotopic (exact) mass is 423 g/mol. The van der Waals surface area contributed by atoms with Gasteiger partial charge in [0.25, 0.3) is 0 Å². The Morgan fingerprint density at radius 1 is 1.23 bits per heavy atom. The summed E-state index contributed by atoms with van der Waals surface area (Å²) < 4.78 is 18.8. The van der Waals surface area contributed by atoms with Crippen molar-refractivity contribution in [3.05, 3.63) is 54.4 Å². The first-order valence-corrected chi connectivity index (χ1v) is 10.8. The van der Waals surface area contributed by atoms with Crippen molar-refractivity contribution in [2.75, 3.05) is 26.9 Å². The predicted octanol–water partition coefficient (Wildman–Crippen LogP) is 3.35. The number of methoxy groups -OCH3 is 1. The Hall–Kier alpha value is -3.06. The number of nitrogens with one attached hydrogen (secondary N) is 1. The minimum absolute atomic E-state index is 0.00214. The molecule has 1 aliphatic rings. The molecule has 1 unspecified atom stereocenters. The summed E-state index contributed by atoms with van der Waals surface area (Å²) in [5, 5.41) is 2.99. The van der Waals surface area contributed by atoms with Crippen LogP contribution >= 0.6 is 0 Å². The topological polar surface area (TPSA) is 74.6 Å². The average molecular weight is 424 g/mol.